The van der Waals surface area contributed by atoms with E-state index in [0.717, 1.165) is 0 Å². The quantitative estimate of drug-likeness (QED) is 0.224. The molecule has 2 aromatic heterocycles. The summed E-state index contributed by atoms with van der Waals surface area (Å²) in [6.07, 6.45) is 3.09. The van der Waals surface area contributed by atoms with Gasteiger partial charge in [0.2, 0.25) is 5.91 Å². The summed E-state index contributed by atoms with van der Waals surface area (Å²) in [5.41, 5.74) is 8.21. The Morgan fingerprint density at radius 1 is 0.829 bits per heavy atom. The monoisotopic (exact) mass is 570 g/mol. The number of nitrogens with one attached hydrogen (secondary N) is 2. The SMILES string of the molecule is COc1cc(Nc2nc3ccccc3nc2NS(=O)(=O)c2cccc(C(C(N)=O)c3cccnc3)c2)cc(OC)c1. The number of nitrogens with two attached hydrogens (primary N) is 1. The van der Waals surface area contributed by atoms with Gasteiger partial charge >= 0.3 is 0 Å². The van der Waals surface area contributed by atoms with Crippen LogP contribution in [0.3, 0.4) is 0 Å². The number of nitrogens with zero attached hydrogens (tertiary/aromatic N) is 3. The van der Waals surface area contributed by atoms with E-state index in [0.29, 0.717) is 39.3 Å². The van der Waals surface area contributed by atoms with Gasteiger partial charge < -0.3 is 20.5 Å². The van der Waals surface area contributed by atoms with E-state index in [-0.39, 0.29) is 16.5 Å². The third-order valence-electron chi connectivity index (χ3n) is 6.22. The van der Waals surface area contributed by atoms with Crippen molar-refractivity contribution in [3.8, 4) is 11.5 Å². The number of fused-ring (bicyclic) bond motifs is 1. The van der Waals surface area contributed by atoms with Crippen LogP contribution in [0.4, 0.5) is 17.3 Å². The Balaban J connectivity index is 1.54. The first-order valence-electron chi connectivity index (χ1n) is 12.4. The Morgan fingerprint density at radius 2 is 1.49 bits per heavy atom. The molecule has 1 unspecified atom stereocenters. The third-order valence-corrected chi connectivity index (χ3v) is 7.56. The maximum atomic E-state index is 13.6. The number of hydrogen-bond donors (Lipinski definition) is 3. The van der Waals surface area contributed by atoms with E-state index < -0.39 is 21.8 Å². The summed E-state index contributed by atoms with van der Waals surface area (Å²) in [6, 6.07) is 21.6. The van der Waals surface area contributed by atoms with Crippen molar-refractivity contribution in [2.45, 2.75) is 10.8 Å². The molecule has 41 heavy (non-hydrogen) atoms. The Labute approximate surface area is 236 Å². The number of carbonyl (C=O) groups excluding carboxylic acids is 1. The Kier molecular flexibility index (Phi) is 7.66. The minimum Gasteiger partial charge on any atom is -0.497 e. The topological polar surface area (TPSA) is 158 Å². The highest BCUT2D eigenvalue weighted by Crippen LogP contribution is 2.32. The van der Waals surface area contributed by atoms with Gasteiger partial charge in [-0.3, -0.25) is 14.5 Å². The van der Waals surface area contributed by atoms with E-state index in [4.69, 9.17) is 15.2 Å². The minimum absolute atomic E-state index is 0.0328. The lowest BCUT2D eigenvalue weighted by molar-refractivity contribution is -0.118. The van der Waals surface area contributed by atoms with Gasteiger partial charge in [0.25, 0.3) is 10.0 Å². The number of carbonyl (C=O) groups is 1. The zero-order chi connectivity index (χ0) is 29.0. The Hall–Kier alpha value is -5.23. The van der Waals surface area contributed by atoms with E-state index >= 15 is 0 Å². The second-order valence-electron chi connectivity index (χ2n) is 8.94. The molecular formula is C29H26N6O5S. The van der Waals surface area contributed by atoms with Gasteiger partial charge in [0, 0.05) is 36.3 Å². The highest BCUT2D eigenvalue weighted by Gasteiger charge is 2.24. The molecule has 11 nitrogen and oxygen atoms in total. The molecular weight excluding hydrogens is 544 g/mol. The number of sulfonamides is 1. The Morgan fingerprint density at radius 3 is 2.10 bits per heavy atom. The maximum absolute atomic E-state index is 13.6. The fourth-order valence-corrected chi connectivity index (χ4v) is 5.35. The summed E-state index contributed by atoms with van der Waals surface area (Å²) >= 11 is 0. The van der Waals surface area contributed by atoms with Crippen molar-refractivity contribution in [3.05, 3.63) is 102 Å². The fraction of sp³-hybridized carbons (Fsp3) is 0.103. The van der Waals surface area contributed by atoms with Crippen LogP contribution in [0.15, 0.2) is 96.2 Å². The van der Waals surface area contributed by atoms with Crippen molar-refractivity contribution < 1.29 is 22.7 Å². The number of rotatable bonds is 10. The van der Waals surface area contributed by atoms with Crippen LogP contribution < -0.4 is 25.2 Å². The number of aromatic nitrogens is 3. The molecule has 4 N–H and O–H groups in total. The number of para-hydroxylation sites is 2. The molecule has 5 aromatic rings. The predicted molar refractivity (Wildman–Crippen MR) is 155 cm³/mol. The van der Waals surface area contributed by atoms with Gasteiger partial charge in [0.15, 0.2) is 11.6 Å². The minimum atomic E-state index is -4.20. The smallest absolute Gasteiger partial charge is 0.263 e. The molecule has 5 rings (SSSR count). The maximum Gasteiger partial charge on any atom is 0.263 e. The first-order valence-corrected chi connectivity index (χ1v) is 13.8. The number of hydrogen-bond acceptors (Lipinski definition) is 9. The van der Waals surface area contributed by atoms with Crippen LogP contribution in [-0.4, -0.2) is 43.5 Å². The van der Waals surface area contributed by atoms with Gasteiger partial charge in [0.1, 0.15) is 11.5 Å². The number of pyridine rings is 1. The molecule has 0 fully saturated rings. The zero-order valence-electron chi connectivity index (χ0n) is 22.1. The van der Waals surface area contributed by atoms with Gasteiger partial charge in [-0.2, -0.15) is 0 Å². The van der Waals surface area contributed by atoms with Crippen LogP contribution >= 0.6 is 0 Å². The molecule has 0 aliphatic rings. The lowest BCUT2D eigenvalue weighted by atomic mass is 9.92. The average molecular weight is 571 g/mol. The summed E-state index contributed by atoms with van der Waals surface area (Å²) in [6.45, 7) is 0. The lowest BCUT2D eigenvalue weighted by Gasteiger charge is -2.17. The number of primary amides is 1. The highest BCUT2D eigenvalue weighted by molar-refractivity contribution is 7.92. The normalized spacial score (nSPS) is 12.0. The molecule has 0 radical (unpaired) electrons. The largest absolute Gasteiger partial charge is 0.497 e. The first-order chi connectivity index (χ1) is 19.8. The summed E-state index contributed by atoms with van der Waals surface area (Å²) < 4.78 is 40.5. The summed E-state index contributed by atoms with van der Waals surface area (Å²) in [5, 5.41) is 3.13. The van der Waals surface area contributed by atoms with Crippen LogP contribution in [0.25, 0.3) is 11.0 Å². The van der Waals surface area contributed by atoms with Crippen molar-refractivity contribution in [1.82, 2.24) is 15.0 Å². The van der Waals surface area contributed by atoms with Crippen LogP contribution in [0.1, 0.15) is 17.0 Å². The average Bonchev–Trinajstić information content (AvgIpc) is 2.97. The van der Waals surface area contributed by atoms with E-state index in [2.05, 4.69) is 25.0 Å². The predicted octanol–water partition coefficient (Wildman–Crippen LogP) is 4.20. The van der Waals surface area contributed by atoms with Gasteiger partial charge in [0.05, 0.1) is 36.1 Å². The van der Waals surface area contributed by atoms with Crippen molar-refractivity contribution in [3.63, 3.8) is 0 Å². The van der Waals surface area contributed by atoms with E-state index in [1.54, 1.807) is 66.9 Å². The van der Waals surface area contributed by atoms with E-state index in [1.807, 2.05) is 6.07 Å². The molecule has 12 heteroatoms. The molecule has 0 saturated carbocycles. The highest BCUT2D eigenvalue weighted by atomic mass is 32.2. The third kappa shape index (κ3) is 6.02. The zero-order valence-corrected chi connectivity index (χ0v) is 22.9. The Bertz CT molecular complexity index is 1810. The lowest BCUT2D eigenvalue weighted by Crippen LogP contribution is -2.23. The van der Waals surface area contributed by atoms with Crippen molar-refractivity contribution >= 4 is 44.3 Å². The summed E-state index contributed by atoms with van der Waals surface area (Å²) in [5.74, 6) is -0.353. The van der Waals surface area contributed by atoms with Crippen molar-refractivity contribution in [1.29, 1.82) is 0 Å². The van der Waals surface area contributed by atoms with Crippen LogP contribution in [0, 0.1) is 0 Å². The van der Waals surface area contributed by atoms with Crippen LogP contribution in [-0.2, 0) is 14.8 Å². The van der Waals surface area contributed by atoms with Crippen molar-refractivity contribution in [2.75, 3.05) is 24.3 Å². The van der Waals surface area contributed by atoms with Crippen LogP contribution in [0.2, 0.25) is 0 Å². The molecule has 3 aromatic carbocycles. The van der Waals surface area contributed by atoms with Gasteiger partial charge in [-0.15, -0.1) is 0 Å². The fourth-order valence-electron chi connectivity index (χ4n) is 4.29. The van der Waals surface area contributed by atoms with Gasteiger partial charge in [-0.1, -0.05) is 30.3 Å². The van der Waals surface area contributed by atoms with Gasteiger partial charge in [-0.25, -0.2) is 18.4 Å². The van der Waals surface area contributed by atoms with Crippen LogP contribution in [0.5, 0.6) is 11.5 Å². The molecule has 0 saturated heterocycles. The number of ether oxygens (including phenoxy) is 2. The summed E-state index contributed by atoms with van der Waals surface area (Å²) in [7, 11) is -1.14. The molecule has 208 valence electrons. The molecule has 0 aliphatic heterocycles. The number of amides is 1. The molecule has 0 bridgehead atoms. The second kappa shape index (κ2) is 11.5. The first kappa shape index (κ1) is 27.3. The standard InChI is InChI=1S/C29H26N6O5S/c1-39-21-14-20(15-22(16-21)40-2)32-28-29(34-25-11-4-3-10-24(25)33-28)35-41(37,38)23-9-5-7-18(13-23)26(27(30)36)19-8-6-12-31-17-19/h3-17,26H,1-2H3,(H2,30,36)(H,32,33)(H,34,35). The number of methoxy groups -OCH3 is 2. The molecule has 0 spiro atoms. The van der Waals surface area contributed by atoms with E-state index in [9.17, 15) is 13.2 Å². The molecule has 2 heterocycles. The van der Waals surface area contributed by atoms with Crippen molar-refractivity contribution in [2.24, 2.45) is 5.73 Å². The summed E-state index contributed by atoms with van der Waals surface area (Å²) in [4.78, 5) is 25.5. The number of benzene rings is 3. The van der Waals surface area contributed by atoms with Gasteiger partial charge in [-0.05, 0) is 41.5 Å². The number of anilines is 3. The molecule has 1 amide bonds. The molecule has 0 aliphatic carbocycles. The second-order valence-corrected chi connectivity index (χ2v) is 10.6. The molecule has 1 atom stereocenters. The van der Waals surface area contributed by atoms with E-state index in [1.165, 1.54) is 32.5 Å².